The molecule has 0 aliphatic rings. The van der Waals surface area contributed by atoms with Gasteiger partial charge in [-0.05, 0) is 36.2 Å². The Hall–Kier alpha value is -3.10. The number of benzene rings is 3. The van der Waals surface area contributed by atoms with E-state index in [0.717, 1.165) is 29.4 Å². The first-order valence-electron chi connectivity index (χ1n) is 7.95. The molecule has 0 aliphatic carbocycles. The number of hydrogen-bond donors (Lipinski definition) is 0. The molecule has 0 spiro atoms. The Morgan fingerprint density at radius 2 is 1.67 bits per heavy atom. The van der Waals surface area contributed by atoms with Crippen molar-refractivity contribution in [3.63, 3.8) is 0 Å². The van der Waals surface area contributed by atoms with Crippen molar-refractivity contribution < 1.29 is 4.39 Å². The lowest BCUT2D eigenvalue weighted by molar-refractivity contribution is 0.636. The zero-order valence-corrected chi connectivity index (χ0v) is 13.4. The minimum Gasteiger partial charge on any atom is -0.205 e. The Bertz CT molecular complexity index is 983. The maximum absolute atomic E-state index is 14.3. The summed E-state index contributed by atoms with van der Waals surface area (Å²) < 4.78 is 14.3. The van der Waals surface area contributed by atoms with Gasteiger partial charge in [0.15, 0.2) is 0 Å². The lowest BCUT2D eigenvalue weighted by Crippen LogP contribution is -1.88. The van der Waals surface area contributed by atoms with Gasteiger partial charge in [-0.15, -0.1) is 0 Å². The summed E-state index contributed by atoms with van der Waals surface area (Å²) in [7, 11) is 0. The molecule has 0 aliphatic heterocycles. The standard InChI is InChI=1S/C22H16FN/c1-2-4-16-7-9-17(10-8-16)11-12-18-5-3-6-21-20(18)14-13-19(15-24)22(21)23/h3,5-10,13-14H,2,4H2,1H3. The van der Waals surface area contributed by atoms with E-state index in [-0.39, 0.29) is 5.56 Å². The van der Waals surface area contributed by atoms with Crippen molar-refractivity contribution in [2.75, 3.05) is 0 Å². The molecule has 2 heteroatoms. The van der Waals surface area contributed by atoms with Gasteiger partial charge in [0, 0.05) is 21.9 Å². The van der Waals surface area contributed by atoms with Gasteiger partial charge in [0.1, 0.15) is 11.9 Å². The van der Waals surface area contributed by atoms with E-state index in [1.54, 1.807) is 18.2 Å². The van der Waals surface area contributed by atoms with Crippen LogP contribution >= 0.6 is 0 Å². The predicted octanol–water partition coefficient (Wildman–Crippen LogP) is 5.20. The second-order valence-electron chi connectivity index (χ2n) is 5.64. The first-order valence-corrected chi connectivity index (χ1v) is 7.95. The molecular weight excluding hydrogens is 297 g/mol. The van der Waals surface area contributed by atoms with Gasteiger partial charge in [-0.2, -0.15) is 5.26 Å². The lowest BCUT2D eigenvalue weighted by atomic mass is 10.0. The second kappa shape index (κ2) is 6.99. The molecule has 0 unspecified atom stereocenters. The van der Waals surface area contributed by atoms with E-state index < -0.39 is 5.82 Å². The Morgan fingerprint density at radius 3 is 2.38 bits per heavy atom. The molecule has 116 valence electrons. The van der Waals surface area contributed by atoms with E-state index in [1.807, 2.05) is 24.3 Å². The average Bonchev–Trinajstić information content (AvgIpc) is 2.62. The molecule has 0 radical (unpaired) electrons. The van der Waals surface area contributed by atoms with Crippen LogP contribution in [0.5, 0.6) is 0 Å². The molecular formula is C22H16FN. The second-order valence-corrected chi connectivity index (χ2v) is 5.64. The van der Waals surface area contributed by atoms with E-state index in [4.69, 9.17) is 5.26 Å². The lowest BCUT2D eigenvalue weighted by Gasteiger charge is -2.03. The number of nitrogens with zero attached hydrogens (tertiary/aromatic N) is 1. The molecule has 24 heavy (non-hydrogen) atoms. The third-order valence-corrected chi connectivity index (χ3v) is 3.95. The molecule has 0 amide bonds. The fourth-order valence-corrected chi connectivity index (χ4v) is 2.70. The summed E-state index contributed by atoms with van der Waals surface area (Å²) in [5, 5.41) is 10.1. The number of rotatable bonds is 2. The summed E-state index contributed by atoms with van der Waals surface area (Å²) in [5.74, 6) is 5.77. The van der Waals surface area contributed by atoms with Gasteiger partial charge in [-0.3, -0.25) is 0 Å². The highest BCUT2D eigenvalue weighted by molar-refractivity contribution is 5.89. The van der Waals surface area contributed by atoms with Crippen LogP contribution in [0.25, 0.3) is 10.8 Å². The Labute approximate surface area is 141 Å². The van der Waals surface area contributed by atoms with Gasteiger partial charge in [0.2, 0.25) is 0 Å². The smallest absolute Gasteiger partial charge is 0.148 e. The number of halogens is 1. The maximum Gasteiger partial charge on any atom is 0.148 e. The third-order valence-electron chi connectivity index (χ3n) is 3.95. The molecule has 0 N–H and O–H groups in total. The van der Waals surface area contributed by atoms with Crippen molar-refractivity contribution in [1.29, 1.82) is 5.26 Å². The van der Waals surface area contributed by atoms with Gasteiger partial charge in [-0.1, -0.05) is 55.5 Å². The van der Waals surface area contributed by atoms with Crippen LogP contribution in [-0.4, -0.2) is 0 Å². The highest BCUT2D eigenvalue weighted by Gasteiger charge is 2.08. The molecule has 3 aromatic carbocycles. The molecule has 0 atom stereocenters. The molecule has 3 rings (SSSR count). The van der Waals surface area contributed by atoms with E-state index >= 15 is 0 Å². The summed E-state index contributed by atoms with van der Waals surface area (Å²) in [6.07, 6.45) is 2.19. The van der Waals surface area contributed by atoms with E-state index in [1.165, 1.54) is 11.6 Å². The van der Waals surface area contributed by atoms with Crippen LogP contribution in [0.4, 0.5) is 4.39 Å². The largest absolute Gasteiger partial charge is 0.205 e. The number of hydrogen-bond acceptors (Lipinski definition) is 1. The van der Waals surface area contributed by atoms with Crippen molar-refractivity contribution in [2.45, 2.75) is 19.8 Å². The van der Waals surface area contributed by atoms with Crippen LogP contribution in [0.2, 0.25) is 0 Å². The van der Waals surface area contributed by atoms with Gasteiger partial charge in [0.25, 0.3) is 0 Å². The third kappa shape index (κ3) is 3.14. The van der Waals surface area contributed by atoms with Crippen LogP contribution in [0.3, 0.4) is 0 Å². The zero-order valence-electron chi connectivity index (χ0n) is 13.4. The summed E-state index contributed by atoms with van der Waals surface area (Å²) in [5.41, 5.74) is 3.05. The summed E-state index contributed by atoms with van der Waals surface area (Å²) in [4.78, 5) is 0. The highest BCUT2D eigenvalue weighted by Crippen LogP contribution is 2.23. The quantitative estimate of drug-likeness (QED) is 0.596. The highest BCUT2D eigenvalue weighted by atomic mass is 19.1. The van der Waals surface area contributed by atoms with Crippen LogP contribution in [0.15, 0.2) is 54.6 Å². The van der Waals surface area contributed by atoms with Crippen molar-refractivity contribution >= 4 is 10.8 Å². The number of fused-ring (bicyclic) bond motifs is 1. The minimum atomic E-state index is -0.484. The Kier molecular flexibility index (Phi) is 4.59. The summed E-state index contributed by atoms with van der Waals surface area (Å²) in [6.45, 7) is 2.16. The Balaban J connectivity index is 2.00. The SMILES string of the molecule is CCCc1ccc(C#Cc2cccc3c(F)c(C#N)ccc23)cc1. The molecule has 0 bridgehead atoms. The van der Waals surface area contributed by atoms with E-state index in [2.05, 4.69) is 30.9 Å². The van der Waals surface area contributed by atoms with Crippen LogP contribution in [-0.2, 0) is 6.42 Å². The van der Waals surface area contributed by atoms with Gasteiger partial charge >= 0.3 is 0 Å². The van der Waals surface area contributed by atoms with Gasteiger partial charge < -0.3 is 0 Å². The fourth-order valence-electron chi connectivity index (χ4n) is 2.70. The summed E-state index contributed by atoms with van der Waals surface area (Å²) in [6, 6.07) is 18.6. The van der Waals surface area contributed by atoms with Crippen LogP contribution in [0.1, 0.15) is 35.6 Å². The van der Waals surface area contributed by atoms with Crippen LogP contribution in [0, 0.1) is 29.0 Å². The normalized spacial score (nSPS) is 10.0. The van der Waals surface area contributed by atoms with E-state index in [0.29, 0.717) is 5.39 Å². The average molecular weight is 313 g/mol. The minimum absolute atomic E-state index is 0.0547. The zero-order chi connectivity index (χ0) is 16.9. The Morgan fingerprint density at radius 1 is 0.875 bits per heavy atom. The molecule has 0 fully saturated rings. The monoisotopic (exact) mass is 313 g/mol. The molecule has 3 aromatic rings. The molecule has 0 heterocycles. The van der Waals surface area contributed by atoms with Crippen LogP contribution < -0.4 is 0 Å². The molecule has 0 saturated heterocycles. The van der Waals surface area contributed by atoms with Crippen molar-refractivity contribution in [3.05, 3.63) is 82.7 Å². The number of aryl methyl sites for hydroxylation is 1. The fraction of sp³-hybridized carbons (Fsp3) is 0.136. The molecule has 0 saturated carbocycles. The first-order chi connectivity index (χ1) is 11.7. The van der Waals surface area contributed by atoms with Crippen molar-refractivity contribution in [3.8, 4) is 17.9 Å². The van der Waals surface area contributed by atoms with Crippen molar-refractivity contribution in [2.24, 2.45) is 0 Å². The van der Waals surface area contributed by atoms with Gasteiger partial charge in [0.05, 0.1) is 5.56 Å². The topological polar surface area (TPSA) is 23.8 Å². The molecule has 0 aromatic heterocycles. The van der Waals surface area contributed by atoms with Crippen molar-refractivity contribution in [1.82, 2.24) is 0 Å². The van der Waals surface area contributed by atoms with E-state index in [9.17, 15) is 4.39 Å². The molecule has 1 nitrogen and oxygen atoms in total. The number of nitriles is 1. The first kappa shape index (κ1) is 15.8. The van der Waals surface area contributed by atoms with Gasteiger partial charge in [-0.25, -0.2) is 4.39 Å². The maximum atomic E-state index is 14.3. The predicted molar refractivity (Wildman–Crippen MR) is 95.0 cm³/mol. The summed E-state index contributed by atoms with van der Waals surface area (Å²) >= 11 is 0.